The molecule has 3 N–H and O–H groups in total. The Bertz CT molecular complexity index is 372. The highest BCUT2D eigenvalue weighted by Gasteiger charge is 2.40. The highest BCUT2D eigenvalue weighted by Crippen LogP contribution is 2.30. The smallest absolute Gasteiger partial charge is 0.237 e. The molecule has 142 valence electrons. The van der Waals surface area contributed by atoms with Gasteiger partial charge in [0.2, 0.25) is 5.91 Å². The van der Waals surface area contributed by atoms with Crippen molar-refractivity contribution in [2.24, 2.45) is 5.73 Å². The Kier molecular flexibility index (Phi) is 9.97. The number of nitrogens with one attached hydrogen (secondary N) is 1. The summed E-state index contributed by atoms with van der Waals surface area (Å²) in [6.45, 7) is 5.35. The van der Waals surface area contributed by atoms with Crippen LogP contribution in [0.5, 0.6) is 0 Å². The lowest BCUT2D eigenvalue weighted by molar-refractivity contribution is -0.123. The van der Waals surface area contributed by atoms with Gasteiger partial charge in [-0.15, -0.1) is 12.4 Å². The van der Waals surface area contributed by atoms with Gasteiger partial charge in [0, 0.05) is 12.1 Å². The zero-order chi connectivity index (χ0) is 16.7. The number of piperidine rings is 2. The van der Waals surface area contributed by atoms with Crippen LogP contribution >= 0.6 is 24.2 Å². The maximum absolute atomic E-state index is 12.3. The summed E-state index contributed by atoms with van der Waals surface area (Å²) in [5.41, 5.74) is 6.16. The molecular weight excluding hydrogens is 344 g/mol. The summed E-state index contributed by atoms with van der Waals surface area (Å²) in [4.78, 5) is 17.4. The van der Waals surface area contributed by atoms with Gasteiger partial charge in [0.1, 0.15) is 0 Å². The molecule has 7 heteroatoms. The summed E-state index contributed by atoms with van der Waals surface area (Å²) in [6.07, 6.45) is 9.02. The number of halogens is 1. The third-order valence-electron chi connectivity index (χ3n) is 5.51. The lowest BCUT2D eigenvalue weighted by Gasteiger charge is -2.50. The molecule has 0 bridgehead atoms. The number of thioether (sulfide) groups is 1. The van der Waals surface area contributed by atoms with Gasteiger partial charge in [0.25, 0.3) is 0 Å². The van der Waals surface area contributed by atoms with Crippen LogP contribution in [0.3, 0.4) is 0 Å². The summed E-state index contributed by atoms with van der Waals surface area (Å²) in [5.74, 6) is 0.964. The van der Waals surface area contributed by atoms with Gasteiger partial charge in [0.05, 0.1) is 6.04 Å². The van der Waals surface area contributed by atoms with Crippen LogP contribution in [-0.4, -0.2) is 79.1 Å². The Balaban J connectivity index is 0.00000288. The van der Waals surface area contributed by atoms with E-state index in [0.29, 0.717) is 0 Å². The lowest BCUT2D eigenvalue weighted by atomic mass is 9.84. The largest absolute Gasteiger partial charge is 0.353 e. The minimum Gasteiger partial charge on any atom is -0.353 e. The number of carbonyl (C=O) groups is 1. The molecule has 0 aromatic heterocycles. The topological polar surface area (TPSA) is 61.6 Å². The van der Waals surface area contributed by atoms with Gasteiger partial charge in [-0.1, -0.05) is 6.42 Å². The molecule has 0 aliphatic carbocycles. The Morgan fingerprint density at radius 2 is 1.83 bits per heavy atom. The van der Waals surface area contributed by atoms with Crippen LogP contribution in [0.2, 0.25) is 0 Å². The maximum Gasteiger partial charge on any atom is 0.237 e. The summed E-state index contributed by atoms with van der Waals surface area (Å²) < 4.78 is 0. The normalized spacial score (nSPS) is 23.3. The van der Waals surface area contributed by atoms with Crippen molar-refractivity contribution in [2.45, 2.75) is 50.1 Å². The second-order valence-electron chi connectivity index (χ2n) is 7.18. The van der Waals surface area contributed by atoms with Crippen LogP contribution in [0.1, 0.15) is 38.5 Å². The molecule has 2 saturated heterocycles. The molecule has 2 aliphatic heterocycles. The number of nitrogens with two attached hydrogens (primary N) is 1. The summed E-state index contributed by atoms with van der Waals surface area (Å²) in [6, 6.07) is -0.368. The number of nitrogens with zero attached hydrogens (tertiary/aromatic N) is 2. The maximum atomic E-state index is 12.3. The van der Waals surface area contributed by atoms with E-state index >= 15 is 0 Å². The highest BCUT2D eigenvalue weighted by atomic mass is 35.5. The number of hydrogen-bond acceptors (Lipinski definition) is 5. The van der Waals surface area contributed by atoms with Gasteiger partial charge >= 0.3 is 0 Å². The number of amides is 1. The average Bonchev–Trinajstić information content (AvgIpc) is 2.60. The van der Waals surface area contributed by atoms with Crippen LogP contribution in [-0.2, 0) is 4.79 Å². The molecule has 2 fully saturated rings. The fourth-order valence-corrected chi connectivity index (χ4v) is 4.26. The van der Waals surface area contributed by atoms with Crippen molar-refractivity contribution >= 4 is 30.1 Å². The molecule has 0 aromatic rings. The summed E-state index contributed by atoms with van der Waals surface area (Å²) in [7, 11) is 2.19. The molecule has 5 nitrogen and oxygen atoms in total. The van der Waals surface area contributed by atoms with E-state index in [-0.39, 0.29) is 29.9 Å². The summed E-state index contributed by atoms with van der Waals surface area (Å²) in [5, 5.41) is 3.18. The first-order valence-corrected chi connectivity index (χ1v) is 10.4. The molecule has 0 radical (unpaired) electrons. The molecule has 1 atom stereocenters. The van der Waals surface area contributed by atoms with Crippen LogP contribution in [0.4, 0.5) is 0 Å². The van der Waals surface area contributed by atoms with E-state index in [2.05, 4.69) is 28.4 Å². The van der Waals surface area contributed by atoms with Gasteiger partial charge < -0.3 is 16.0 Å². The van der Waals surface area contributed by atoms with Gasteiger partial charge in [-0.05, 0) is 77.3 Å². The Labute approximate surface area is 157 Å². The van der Waals surface area contributed by atoms with Crippen LogP contribution < -0.4 is 11.1 Å². The first-order chi connectivity index (χ1) is 11.1. The van der Waals surface area contributed by atoms with Crippen molar-refractivity contribution < 1.29 is 4.79 Å². The third kappa shape index (κ3) is 6.06. The quantitative estimate of drug-likeness (QED) is 0.703. The molecule has 1 amide bonds. The highest BCUT2D eigenvalue weighted by molar-refractivity contribution is 7.98. The minimum atomic E-state index is -0.368. The van der Waals surface area contributed by atoms with Crippen LogP contribution in [0, 0.1) is 0 Å². The minimum absolute atomic E-state index is 0. The fourth-order valence-electron chi connectivity index (χ4n) is 3.77. The second kappa shape index (κ2) is 10.9. The molecule has 0 spiro atoms. The first kappa shape index (κ1) is 22.0. The van der Waals surface area contributed by atoms with Crippen molar-refractivity contribution in [1.82, 2.24) is 15.1 Å². The number of likely N-dealkylation sites (tertiary alicyclic amines) is 2. The SMILES string of the molecule is CSCC[C@H](N)C(=O)NCC1(N2CCCCC2)CCN(C)CC1.Cl. The zero-order valence-electron chi connectivity index (χ0n) is 15.3. The van der Waals surface area contributed by atoms with Crippen molar-refractivity contribution in [3.05, 3.63) is 0 Å². The molecule has 2 rings (SSSR count). The lowest BCUT2D eigenvalue weighted by Crippen LogP contribution is -2.62. The number of rotatable bonds is 7. The number of carbonyl (C=O) groups excluding carboxylic acids is 1. The second-order valence-corrected chi connectivity index (χ2v) is 8.17. The van der Waals surface area contributed by atoms with E-state index in [0.717, 1.165) is 44.6 Å². The Hall–Kier alpha value is -0.0100. The average molecular weight is 379 g/mol. The van der Waals surface area contributed by atoms with Gasteiger partial charge in [0.15, 0.2) is 0 Å². The van der Waals surface area contributed by atoms with E-state index in [1.807, 2.05) is 0 Å². The van der Waals surface area contributed by atoms with Crippen LogP contribution in [0.15, 0.2) is 0 Å². The zero-order valence-corrected chi connectivity index (χ0v) is 16.9. The van der Waals surface area contributed by atoms with Gasteiger partial charge in [-0.3, -0.25) is 9.69 Å². The van der Waals surface area contributed by atoms with Crippen molar-refractivity contribution in [3.8, 4) is 0 Å². The monoisotopic (exact) mass is 378 g/mol. The van der Waals surface area contributed by atoms with Crippen molar-refractivity contribution in [3.63, 3.8) is 0 Å². The van der Waals surface area contributed by atoms with E-state index in [4.69, 9.17) is 5.73 Å². The molecule has 2 heterocycles. The van der Waals surface area contributed by atoms with E-state index < -0.39 is 0 Å². The molecule has 0 saturated carbocycles. The molecular formula is C17H35ClN4OS. The van der Waals surface area contributed by atoms with Crippen molar-refractivity contribution in [2.75, 3.05) is 51.8 Å². The summed E-state index contributed by atoms with van der Waals surface area (Å²) >= 11 is 1.74. The Morgan fingerprint density at radius 3 is 2.42 bits per heavy atom. The van der Waals surface area contributed by atoms with E-state index in [1.165, 1.54) is 32.4 Å². The molecule has 0 unspecified atom stereocenters. The van der Waals surface area contributed by atoms with Gasteiger partial charge in [-0.2, -0.15) is 11.8 Å². The fraction of sp³-hybridized carbons (Fsp3) is 0.941. The third-order valence-corrected chi connectivity index (χ3v) is 6.15. The Morgan fingerprint density at radius 1 is 1.21 bits per heavy atom. The van der Waals surface area contributed by atoms with E-state index in [9.17, 15) is 4.79 Å². The molecule has 2 aliphatic rings. The standard InChI is InChI=1S/C17H34N4OS.ClH/c1-20-11-7-17(8-12-20,21-9-4-3-5-10-21)14-19-16(22)15(18)6-13-23-2;/h15H,3-14,18H2,1-2H3,(H,19,22);1H/t15-;/m0./s1. The van der Waals surface area contributed by atoms with E-state index in [1.54, 1.807) is 11.8 Å². The number of hydrogen-bond donors (Lipinski definition) is 2. The predicted octanol–water partition coefficient (Wildman–Crippen LogP) is 1.56. The predicted molar refractivity (Wildman–Crippen MR) is 106 cm³/mol. The first-order valence-electron chi connectivity index (χ1n) is 9.03. The molecule has 0 aromatic carbocycles. The van der Waals surface area contributed by atoms with Crippen LogP contribution in [0.25, 0.3) is 0 Å². The van der Waals surface area contributed by atoms with Gasteiger partial charge in [-0.25, -0.2) is 0 Å². The van der Waals surface area contributed by atoms with Crippen molar-refractivity contribution in [1.29, 1.82) is 0 Å². The molecule has 24 heavy (non-hydrogen) atoms.